The molecule has 7 heteroatoms. The van der Waals surface area contributed by atoms with E-state index in [2.05, 4.69) is 4.98 Å². The van der Waals surface area contributed by atoms with Gasteiger partial charge in [-0.25, -0.2) is 17.7 Å². The predicted molar refractivity (Wildman–Crippen MR) is 86.8 cm³/mol. The molecule has 0 bridgehead atoms. The SMILES string of the molecule is CS(=O)(=O)N1CCC2(CC1)OCC[C@@H]2CCOc1ccccn1. The van der Waals surface area contributed by atoms with Gasteiger partial charge in [-0.3, -0.25) is 0 Å². The summed E-state index contributed by atoms with van der Waals surface area (Å²) in [5, 5.41) is 0. The molecule has 3 heterocycles. The van der Waals surface area contributed by atoms with Gasteiger partial charge in [0.25, 0.3) is 0 Å². The first kappa shape index (κ1) is 16.7. The Morgan fingerprint density at radius 3 is 2.83 bits per heavy atom. The Hall–Kier alpha value is -1.18. The van der Waals surface area contributed by atoms with E-state index in [1.165, 1.54) is 6.26 Å². The third kappa shape index (κ3) is 3.84. The van der Waals surface area contributed by atoms with Crippen molar-refractivity contribution in [1.29, 1.82) is 0 Å². The third-order valence-corrected chi connectivity index (χ3v) is 6.29. The minimum Gasteiger partial charge on any atom is -0.478 e. The Morgan fingerprint density at radius 2 is 2.17 bits per heavy atom. The van der Waals surface area contributed by atoms with Crippen LogP contribution in [-0.2, 0) is 14.8 Å². The van der Waals surface area contributed by atoms with Crippen LogP contribution < -0.4 is 4.74 Å². The molecular weight excluding hydrogens is 316 g/mol. The van der Waals surface area contributed by atoms with Crippen LogP contribution in [-0.4, -0.2) is 55.9 Å². The molecule has 2 aliphatic heterocycles. The number of pyridine rings is 1. The number of hydrogen-bond acceptors (Lipinski definition) is 5. The Labute approximate surface area is 137 Å². The molecule has 1 aromatic rings. The molecule has 0 unspecified atom stereocenters. The summed E-state index contributed by atoms with van der Waals surface area (Å²) in [5.74, 6) is 1.07. The first-order chi connectivity index (χ1) is 11.0. The van der Waals surface area contributed by atoms with E-state index in [0.29, 0.717) is 31.5 Å². The first-order valence-electron chi connectivity index (χ1n) is 8.12. The number of sulfonamides is 1. The average molecular weight is 340 g/mol. The van der Waals surface area contributed by atoms with Crippen LogP contribution in [0.3, 0.4) is 0 Å². The van der Waals surface area contributed by atoms with Crippen molar-refractivity contribution < 1.29 is 17.9 Å². The van der Waals surface area contributed by atoms with Crippen molar-refractivity contribution in [3.63, 3.8) is 0 Å². The lowest BCUT2D eigenvalue weighted by atomic mass is 9.78. The summed E-state index contributed by atoms with van der Waals surface area (Å²) >= 11 is 0. The quantitative estimate of drug-likeness (QED) is 0.816. The highest BCUT2D eigenvalue weighted by molar-refractivity contribution is 7.88. The smallest absolute Gasteiger partial charge is 0.213 e. The molecule has 0 radical (unpaired) electrons. The molecule has 0 aliphatic carbocycles. The van der Waals surface area contributed by atoms with Crippen molar-refractivity contribution >= 4 is 10.0 Å². The molecule has 128 valence electrons. The highest BCUT2D eigenvalue weighted by Gasteiger charge is 2.46. The molecule has 0 aromatic carbocycles. The molecule has 2 aliphatic rings. The second-order valence-corrected chi connectivity index (χ2v) is 8.35. The van der Waals surface area contributed by atoms with Crippen molar-refractivity contribution in [2.45, 2.75) is 31.3 Å². The summed E-state index contributed by atoms with van der Waals surface area (Å²) < 4.78 is 36.6. The number of rotatable bonds is 5. The van der Waals surface area contributed by atoms with E-state index in [-0.39, 0.29) is 5.60 Å². The maximum Gasteiger partial charge on any atom is 0.213 e. The van der Waals surface area contributed by atoms with Gasteiger partial charge in [-0.05, 0) is 37.7 Å². The summed E-state index contributed by atoms with van der Waals surface area (Å²) in [6.07, 6.45) is 6.47. The molecule has 2 saturated heterocycles. The zero-order chi connectivity index (χ0) is 16.3. The standard InChI is InChI=1S/C16H24N2O4S/c1-23(19,20)18-10-7-16(8-11-18)14(6-13-22-16)5-12-21-15-4-2-3-9-17-15/h2-4,9,14H,5-8,10-13H2,1H3/t14-/m0/s1. The molecular formula is C16H24N2O4S. The summed E-state index contributed by atoms with van der Waals surface area (Å²) in [6, 6.07) is 5.62. The van der Waals surface area contributed by atoms with Crippen LogP contribution >= 0.6 is 0 Å². The molecule has 3 rings (SSSR count). The van der Waals surface area contributed by atoms with E-state index >= 15 is 0 Å². The number of nitrogens with zero attached hydrogens (tertiary/aromatic N) is 2. The van der Waals surface area contributed by atoms with Gasteiger partial charge in [0.05, 0.1) is 18.5 Å². The van der Waals surface area contributed by atoms with Crippen LogP contribution in [0, 0.1) is 5.92 Å². The lowest BCUT2D eigenvalue weighted by molar-refractivity contribution is -0.0588. The highest BCUT2D eigenvalue weighted by atomic mass is 32.2. The van der Waals surface area contributed by atoms with Gasteiger partial charge >= 0.3 is 0 Å². The zero-order valence-corrected chi connectivity index (χ0v) is 14.3. The molecule has 0 saturated carbocycles. The molecule has 1 atom stereocenters. The van der Waals surface area contributed by atoms with Crippen molar-refractivity contribution in [2.75, 3.05) is 32.6 Å². The normalized spacial score (nSPS) is 24.8. The van der Waals surface area contributed by atoms with Crippen LogP contribution in [0.1, 0.15) is 25.7 Å². The molecule has 1 spiro atoms. The molecule has 1 aromatic heterocycles. The van der Waals surface area contributed by atoms with E-state index in [0.717, 1.165) is 32.3 Å². The monoisotopic (exact) mass is 340 g/mol. The largest absolute Gasteiger partial charge is 0.478 e. The Kier molecular flexibility index (Phi) is 4.89. The van der Waals surface area contributed by atoms with Crippen LogP contribution in [0.4, 0.5) is 0 Å². The van der Waals surface area contributed by atoms with Crippen molar-refractivity contribution in [1.82, 2.24) is 9.29 Å². The van der Waals surface area contributed by atoms with E-state index in [9.17, 15) is 8.42 Å². The number of ether oxygens (including phenoxy) is 2. The molecule has 0 N–H and O–H groups in total. The van der Waals surface area contributed by atoms with E-state index in [1.54, 1.807) is 10.5 Å². The van der Waals surface area contributed by atoms with Gasteiger partial charge in [0, 0.05) is 32.0 Å². The van der Waals surface area contributed by atoms with E-state index in [4.69, 9.17) is 9.47 Å². The summed E-state index contributed by atoms with van der Waals surface area (Å²) in [6.45, 7) is 2.47. The number of aromatic nitrogens is 1. The van der Waals surface area contributed by atoms with Gasteiger partial charge in [0.2, 0.25) is 15.9 Å². The second-order valence-electron chi connectivity index (χ2n) is 6.37. The Morgan fingerprint density at radius 1 is 1.39 bits per heavy atom. The zero-order valence-electron chi connectivity index (χ0n) is 13.5. The van der Waals surface area contributed by atoms with Gasteiger partial charge in [-0.1, -0.05) is 6.07 Å². The third-order valence-electron chi connectivity index (χ3n) is 4.99. The molecule has 23 heavy (non-hydrogen) atoms. The van der Waals surface area contributed by atoms with Gasteiger partial charge < -0.3 is 9.47 Å². The number of piperidine rings is 1. The average Bonchev–Trinajstić information content (AvgIpc) is 2.90. The summed E-state index contributed by atoms with van der Waals surface area (Å²) in [5.41, 5.74) is -0.172. The fourth-order valence-electron chi connectivity index (χ4n) is 3.68. The Balaban J connectivity index is 1.54. The maximum absolute atomic E-state index is 11.7. The highest BCUT2D eigenvalue weighted by Crippen LogP contribution is 2.42. The second kappa shape index (κ2) is 6.75. The van der Waals surface area contributed by atoms with Gasteiger partial charge in [0.1, 0.15) is 0 Å². The lowest BCUT2D eigenvalue weighted by Crippen LogP contribution is -2.49. The van der Waals surface area contributed by atoms with E-state index < -0.39 is 10.0 Å². The fraction of sp³-hybridized carbons (Fsp3) is 0.688. The lowest BCUT2D eigenvalue weighted by Gasteiger charge is -2.41. The van der Waals surface area contributed by atoms with Gasteiger partial charge in [-0.15, -0.1) is 0 Å². The molecule has 0 amide bonds. The Bertz CT molecular complexity index is 612. The van der Waals surface area contributed by atoms with Crippen LogP contribution in [0.5, 0.6) is 5.88 Å². The number of hydrogen-bond donors (Lipinski definition) is 0. The topological polar surface area (TPSA) is 68.7 Å². The van der Waals surface area contributed by atoms with Gasteiger partial charge in [-0.2, -0.15) is 0 Å². The van der Waals surface area contributed by atoms with Crippen LogP contribution in [0.2, 0.25) is 0 Å². The van der Waals surface area contributed by atoms with Crippen LogP contribution in [0.15, 0.2) is 24.4 Å². The maximum atomic E-state index is 11.7. The minimum atomic E-state index is -3.10. The molecule has 6 nitrogen and oxygen atoms in total. The van der Waals surface area contributed by atoms with Crippen LogP contribution in [0.25, 0.3) is 0 Å². The molecule has 2 fully saturated rings. The van der Waals surface area contributed by atoms with Crippen molar-refractivity contribution in [2.24, 2.45) is 5.92 Å². The first-order valence-corrected chi connectivity index (χ1v) is 9.97. The summed E-state index contributed by atoms with van der Waals surface area (Å²) in [4.78, 5) is 4.16. The van der Waals surface area contributed by atoms with Gasteiger partial charge in [0.15, 0.2) is 0 Å². The van der Waals surface area contributed by atoms with Crippen molar-refractivity contribution in [3.8, 4) is 5.88 Å². The van der Waals surface area contributed by atoms with E-state index in [1.807, 2.05) is 18.2 Å². The minimum absolute atomic E-state index is 0.172. The fourth-order valence-corrected chi connectivity index (χ4v) is 4.53. The van der Waals surface area contributed by atoms with Crippen molar-refractivity contribution in [3.05, 3.63) is 24.4 Å². The predicted octanol–water partition coefficient (Wildman–Crippen LogP) is 1.68. The summed E-state index contributed by atoms with van der Waals surface area (Å²) in [7, 11) is -3.10.